The number of oxazole rings is 1. The molecule has 0 amide bonds. The van der Waals surface area contributed by atoms with Crippen LogP contribution in [0.5, 0.6) is 0 Å². The summed E-state index contributed by atoms with van der Waals surface area (Å²) in [5.74, 6) is 0. The third kappa shape index (κ3) is 3.24. The molecule has 0 aliphatic carbocycles. The molecule has 108 valence electrons. The van der Waals surface area contributed by atoms with Crippen LogP contribution in [-0.4, -0.2) is 41.0 Å². The van der Waals surface area contributed by atoms with Gasteiger partial charge in [0.05, 0.1) is 11.0 Å². The molecule has 1 aromatic heterocycles. The first-order valence-corrected chi connectivity index (χ1v) is 6.65. The van der Waals surface area contributed by atoms with Gasteiger partial charge in [0.1, 0.15) is 5.52 Å². The highest BCUT2D eigenvalue weighted by Crippen LogP contribution is 2.23. The zero-order chi connectivity index (χ0) is 14.5. The fraction of sp³-hybridized carbons (Fsp3) is 0.462. The van der Waals surface area contributed by atoms with Gasteiger partial charge in [0.2, 0.25) is 0 Å². The summed E-state index contributed by atoms with van der Waals surface area (Å²) in [5, 5.41) is 13.8. The van der Waals surface area contributed by atoms with Gasteiger partial charge in [-0.2, -0.15) is 4.98 Å². The molecule has 0 fully saturated rings. The molecule has 7 nitrogen and oxygen atoms in total. The van der Waals surface area contributed by atoms with Crippen LogP contribution >= 0.6 is 0 Å². The molecule has 0 saturated carbocycles. The number of nitro benzene ring substituents is 1. The van der Waals surface area contributed by atoms with Crippen molar-refractivity contribution in [1.29, 1.82) is 0 Å². The summed E-state index contributed by atoms with van der Waals surface area (Å²) in [6, 6.07) is 4.79. The monoisotopic (exact) mass is 278 g/mol. The molecule has 0 atom stereocenters. The molecular formula is C13H18N4O3. The van der Waals surface area contributed by atoms with Crippen molar-refractivity contribution >= 4 is 22.8 Å². The lowest BCUT2D eigenvalue weighted by Crippen LogP contribution is -2.28. The van der Waals surface area contributed by atoms with Gasteiger partial charge in [0.25, 0.3) is 11.7 Å². The lowest BCUT2D eigenvalue weighted by molar-refractivity contribution is -0.384. The maximum absolute atomic E-state index is 10.7. The predicted octanol–water partition coefficient (Wildman–Crippen LogP) is 2.49. The second-order valence-electron chi connectivity index (χ2n) is 4.38. The quantitative estimate of drug-likeness (QED) is 0.618. The van der Waals surface area contributed by atoms with Crippen LogP contribution < -0.4 is 5.32 Å². The van der Waals surface area contributed by atoms with E-state index in [1.807, 2.05) is 0 Å². The molecule has 1 aromatic carbocycles. The smallest absolute Gasteiger partial charge is 0.295 e. The van der Waals surface area contributed by atoms with Crippen LogP contribution in [-0.2, 0) is 0 Å². The minimum absolute atomic E-state index is 0.00309. The van der Waals surface area contributed by atoms with Gasteiger partial charge in [-0.3, -0.25) is 10.1 Å². The van der Waals surface area contributed by atoms with Gasteiger partial charge in [-0.15, -0.1) is 0 Å². The van der Waals surface area contributed by atoms with E-state index in [1.165, 1.54) is 12.1 Å². The first-order chi connectivity index (χ1) is 9.63. The number of nitrogens with one attached hydrogen (secondary N) is 1. The lowest BCUT2D eigenvalue weighted by atomic mass is 10.3. The van der Waals surface area contributed by atoms with Gasteiger partial charge in [-0.1, -0.05) is 13.8 Å². The maximum atomic E-state index is 10.7. The summed E-state index contributed by atoms with van der Waals surface area (Å²) in [4.78, 5) is 16.8. The standard InChI is InChI=1S/C13H18N4O3/c1-3-16(4-2)8-7-14-13-15-11-6-5-10(17(18)19)9-12(11)20-13/h5-6,9H,3-4,7-8H2,1-2H3,(H,14,15). The number of rotatable bonds is 7. The minimum atomic E-state index is -0.449. The number of nitrogens with zero attached hydrogens (tertiary/aromatic N) is 3. The molecule has 0 unspecified atom stereocenters. The Balaban J connectivity index is 2.02. The van der Waals surface area contributed by atoms with Crippen LogP contribution in [0.4, 0.5) is 11.7 Å². The summed E-state index contributed by atoms with van der Waals surface area (Å²) in [5.41, 5.74) is 1.04. The van der Waals surface area contributed by atoms with Crippen molar-refractivity contribution in [3.63, 3.8) is 0 Å². The summed E-state index contributed by atoms with van der Waals surface area (Å²) >= 11 is 0. The number of aromatic nitrogens is 1. The summed E-state index contributed by atoms with van der Waals surface area (Å²) < 4.78 is 5.46. The Morgan fingerprint density at radius 2 is 2.15 bits per heavy atom. The Kier molecular flexibility index (Phi) is 4.52. The molecule has 1 heterocycles. The van der Waals surface area contributed by atoms with E-state index >= 15 is 0 Å². The molecule has 1 N–H and O–H groups in total. The van der Waals surface area contributed by atoms with Crippen LogP contribution in [0.2, 0.25) is 0 Å². The molecule has 0 aliphatic rings. The maximum Gasteiger partial charge on any atom is 0.295 e. The fourth-order valence-electron chi connectivity index (χ4n) is 1.96. The number of hydrogen-bond donors (Lipinski definition) is 1. The minimum Gasteiger partial charge on any atom is -0.423 e. The van der Waals surface area contributed by atoms with Crippen molar-refractivity contribution in [2.24, 2.45) is 0 Å². The second-order valence-corrected chi connectivity index (χ2v) is 4.38. The van der Waals surface area contributed by atoms with Crippen LogP contribution in [0.3, 0.4) is 0 Å². The Morgan fingerprint density at radius 1 is 1.40 bits per heavy atom. The molecular weight excluding hydrogens is 260 g/mol. The first-order valence-electron chi connectivity index (χ1n) is 6.65. The van der Waals surface area contributed by atoms with Crippen molar-refractivity contribution in [3.8, 4) is 0 Å². The summed E-state index contributed by atoms with van der Waals surface area (Å²) in [6.45, 7) is 7.84. The van der Waals surface area contributed by atoms with E-state index in [1.54, 1.807) is 6.07 Å². The first kappa shape index (κ1) is 14.3. The third-order valence-corrected chi connectivity index (χ3v) is 3.18. The highest BCUT2D eigenvalue weighted by atomic mass is 16.6. The third-order valence-electron chi connectivity index (χ3n) is 3.18. The van der Waals surface area contributed by atoms with Gasteiger partial charge in [0.15, 0.2) is 5.58 Å². The second kappa shape index (κ2) is 6.33. The van der Waals surface area contributed by atoms with Gasteiger partial charge in [-0.05, 0) is 19.2 Å². The molecule has 0 aliphatic heterocycles. The van der Waals surface area contributed by atoms with Gasteiger partial charge >= 0.3 is 0 Å². The van der Waals surface area contributed by atoms with E-state index in [0.29, 0.717) is 17.1 Å². The van der Waals surface area contributed by atoms with Crippen LogP contribution in [0, 0.1) is 10.1 Å². The zero-order valence-electron chi connectivity index (χ0n) is 11.6. The lowest BCUT2D eigenvalue weighted by Gasteiger charge is -2.17. The Hall–Kier alpha value is -2.15. The van der Waals surface area contributed by atoms with Gasteiger partial charge < -0.3 is 14.6 Å². The number of likely N-dealkylation sites (N-methyl/N-ethyl adjacent to an activating group) is 1. The molecule has 7 heteroatoms. The predicted molar refractivity (Wildman–Crippen MR) is 76.9 cm³/mol. The molecule has 0 spiro atoms. The number of nitro groups is 1. The van der Waals surface area contributed by atoms with Gasteiger partial charge in [-0.25, -0.2) is 0 Å². The zero-order valence-corrected chi connectivity index (χ0v) is 11.6. The number of non-ortho nitro benzene ring substituents is 1. The molecule has 2 aromatic rings. The Labute approximate surface area is 116 Å². The number of fused-ring (bicyclic) bond motifs is 1. The topological polar surface area (TPSA) is 84.4 Å². The average Bonchev–Trinajstić information content (AvgIpc) is 2.85. The molecule has 0 bridgehead atoms. The highest BCUT2D eigenvalue weighted by molar-refractivity contribution is 5.77. The van der Waals surface area contributed by atoms with Crippen molar-refractivity contribution in [2.75, 3.05) is 31.5 Å². The molecule has 20 heavy (non-hydrogen) atoms. The van der Waals surface area contributed by atoms with E-state index in [0.717, 1.165) is 26.2 Å². The average molecular weight is 278 g/mol. The Morgan fingerprint density at radius 3 is 2.80 bits per heavy atom. The van der Waals surface area contributed by atoms with E-state index in [9.17, 15) is 10.1 Å². The van der Waals surface area contributed by atoms with E-state index in [-0.39, 0.29) is 5.69 Å². The number of anilines is 1. The molecule has 0 radical (unpaired) electrons. The summed E-state index contributed by atoms with van der Waals surface area (Å²) in [7, 11) is 0. The highest BCUT2D eigenvalue weighted by Gasteiger charge is 2.11. The fourth-order valence-corrected chi connectivity index (χ4v) is 1.96. The van der Waals surface area contributed by atoms with E-state index in [2.05, 4.69) is 29.0 Å². The van der Waals surface area contributed by atoms with Gasteiger partial charge in [0, 0.05) is 19.2 Å². The van der Waals surface area contributed by atoms with Crippen LogP contribution in [0.15, 0.2) is 22.6 Å². The van der Waals surface area contributed by atoms with Crippen LogP contribution in [0.25, 0.3) is 11.1 Å². The molecule has 2 rings (SSSR count). The van der Waals surface area contributed by atoms with E-state index in [4.69, 9.17) is 4.42 Å². The SMILES string of the molecule is CCN(CC)CCNc1nc2ccc([N+](=O)[O-])cc2o1. The van der Waals surface area contributed by atoms with Crippen molar-refractivity contribution in [2.45, 2.75) is 13.8 Å². The van der Waals surface area contributed by atoms with Crippen molar-refractivity contribution in [3.05, 3.63) is 28.3 Å². The molecule has 0 saturated heterocycles. The largest absolute Gasteiger partial charge is 0.423 e. The Bertz CT molecular complexity index is 592. The van der Waals surface area contributed by atoms with Crippen LogP contribution in [0.1, 0.15) is 13.8 Å². The number of benzene rings is 1. The van der Waals surface area contributed by atoms with Crippen molar-refractivity contribution < 1.29 is 9.34 Å². The normalized spacial score (nSPS) is 11.2. The summed E-state index contributed by atoms with van der Waals surface area (Å²) in [6.07, 6.45) is 0. The number of hydrogen-bond acceptors (Lipinski definition) is 6. The van der Waals surface area contributed by atoms with Crippen molar-refractivity contribution in [1.82, 2.24) is 9.88 Å². The van der Waals surface area contributed by atoms with E-state index < -0.39 is 4.92 Å².